The van der Waals surface area contributed by atoms with E-state index < -0.39 is 12.0 Å². The van der Waals surface area contributed by atoms with Crippen LogP contribution >= 0.6 is 0 Å². The molecule has 1 atom stereocenters. The second kappa shape index (κ2) is 8.39. The Morgan fingerprint density at radius 1 is 1.37 bits per heavy atom. The molecule has 0 aliphatic carbocycles. The third-order valence-electron chi connectivity index (χ3n) is 2.62. The first-order valence-electron chi connectivity index (χ1n) is 6.18. The number of hydrogen-bond donors (Lipinski definition) is 3. The number of aliphatic hydroxyl groups excluding tert-OH is 1. The van der Waals surface area contributed by atoms with Gasteiger partial charge in [0.2, 0.25) is 5.91 Å². The molecule has 1 unspecified atom stereocenters. The van der Waals surface area contributed by atoms with E-state index in [1.165, 1.54) is 12.1 Å². The lowest BCUT2D eigenvalue weighted by atomic mass is 10.1. The van der Waals surface area contributed by atoms with Gasteiger partial charge in [-0.1, -0.05) is 24.3 Å². The fraction of sp³-hybridized carbons (Fsp3) is 0.357. The van der Waals surface area contributed by atoms with Crippen molar-refractivity contribution in [2.45, 2.75) is 18.9 Å². The fourth-order valence-corrected chi connectivity index (χ4v) is 1.54. The predicted octanol–water partition coefficient (Wildman–Crippen LogP) is 0.750. The van der Waals surface area contributed by atoms with Crippen molar-refractivity contribution in [3.63, 3.8) is 0 Å². The smallest absolute Gasteiger partial charge is 0.249 e. The van der Waals surface area contributed by atoms with Gasteiger partial charge in [-0.3, -0.25) is 4.79 Å². The van der Waals surface area contributed by atoms with Gasteiger partial charge in [0.1, 0.15) is 11.9 Å². The van der Waals surface area contributed by atoms with Crippen molar-refractivity contribution in [3.05, 3.63) is 47.8 Å². The number of amides is 1. The van der Waals surface area contributed by atoms with Crippen LogP contribution in [0.4, 0.5) is 4.39 Å². The van der Waals surface area contributed by atoms with Crippen molar-refractivity contribution in [1.82, 2.24) is 5.32 Å². The zero-order valence-electron chi connectivity index (χ0n) is 10.7. The fourth-order valence-electron chi connectivity index (χ4n) is 1.54. The van der Waals surface area contributed by atoms with Crippen molar-refractivity contribution in [1.29, 1.82) is 0 Å². The van der Waals surface area contributed by atoms with E-state index in [1.54, 1.807) is 24.3 Å². The van der Waals surface area contributed by atoms with E-state index in [1.807, 2.05) is 0 Å². The first-order chi connectivity index (χ1) is 9.13. The number of benzene rings is 1. The van der Waals surface area contributed by atoms with Gasteiger partial charge in [-0.2, -0.15) is 0 Å². The molecule has 0 aromatic heterocycles. The number of carbonyl (C=O) groups is 1. The summed E-state index contributed by atoms with van der Waals surface area (Å²) in [6, 6.07) is 6.01. The molecule has 0 aliphatic heterocycles. The Labute approximate surface area is 112 Å². The van der Waals surface area contributed by atoms with E-state index in [0.29, 0.717) is 25.9 Å². The standard InChI is InChI=1S/C14H19FN2O2/c15-12-6-3-11(4-7-12)5-8-13(18)14(19)17-10-2-1-9-16/h1-4,6-7,13,18H,5,8-10,16H2,(H,17,19). The van der Waals surface area contributed by atoms with Crippen LogP contribution in [0.3, 0.4) is 0 Å². The van der Waals surface area contributed by atoms with Crippen LogP contribution in [0.5, 0.6) is 0 Å². The van der Waals surface area contributed by atoms with E-state index in [-0.39, 0.29) is 5.82 Å². The lowest BCUT2D eigenvalue weighted by molar-refractivity contribution is -0.129. The molecule has 0 bridgehead atoms. The number of nitrogens with two attached hydrogens (primary N) is 1. The number of aryl methyl sites for hydroxylation is 1. The minimum Gasteiger partial charge on any atom is -0.383 e. The molecule has 4 nitrogen and oxygen atoms in total. The van der Waals surface area contributed by atoms with Gasteiger partial charge in [0.25, 0.3) is 0 Å². The van der Waals surface area contributed by atoms with Crippen LogP contribution in [0, 0.1) is 5.82 Å². The molecule has 0 saturated heterocycles. The van der Waals surface area contributed by atoms with Crippen molar-refractivity contribution in [3.8, 4) is 0 Å². The Balaban J connectivity index is 2.30. The molecule has 104 valence electrons. The Bertz CT molecular complexity index is 418. The lowest BCUT2D eigenvalue weighted by Gasteiger charge is -2.10. The molecule has 0 spiro atoms. The Morgan fingerprint density at radius 2 is 2.05 bits per heavy atom. The molecular weight excluding hydrogens is 247 g/mol. The average molecular weight is 266 g/mol. The molecule has 0 saturated carbocycles. The second-order valence-electron chi connectivity index (χ2n) is 4.13. The highest BCUT2D eigenvalue weighted by molar-refractivity contribution is 5.80. The van der Waals surface area contributed by atoms with E-state index in [2.05, 4.69) is 5.32 Å². The second-order valence-corrected chi connectivity index (χ2v) is 4.13. The topological polar surface area (TPSA) is 75.3 Å². The monoisotopic (exact) mass is 266 g/mol. The van der Waals surface area contributed by atoms with Crippen molar-refractivity contribution < 1.29 is 14.3 Å². The quantitative estimate of drug-likeness (QED) is 0.637. The summed E-state index contributed by atoms with van der Waals surface area (Å²) in [6.45, 7) is 0.770. The highest BCUT2D eigenvalue weighted by Gasteiger charge is 2.13. The molecule has 1 aromatic rings. The number of carbonyl (C=O) groups excluding carboxylic acids is 1. The average Bonchev–Trinajstić information content (AvgIpc) is 2.42. The summed E-state index contributed by atoms with van der Waals surface area (Å²) in [6.07, 6.45) is 3.22. The first kappa shape index (κ1) is 15.3. The van der Waals surface area contributed by atoms with Crippen LogP contribution in [0.15, 0.2) is 36.4 Å². The maximum absolute atomic E-state index is 12.7. The highest BCUT2D eigenvalue weighted by atomic mass is 19.1. The zero-order chi connectivity index (χ0) is 14.1. The third kappa shape index (κ3) is 6.13. The molecule has 0 radical (unpaired) electrons. The van der Waals surface area contributed by atoms with Gasteiger partial charge < -0.3 is 16.2 Å². The normalized spacial score (nSPS) is 12.6. The highest BCUT2D eigenvalue weighted by Crippen LogP contribution is 2.07. The van der Waals surface area contributed by atoms with E-state index in [9.17, 15) is 14.3 Å². The van der Waals surface area contributed by atoms with Crippen LogP contribution in [-0.2, 0) is 11.2 Å². The molecule has 19 heavy (non-hydrogen) atoms. The van der Waals surface area contributed by atoms with Crippen LogP contribution in [0.25, 0.3) is 0 Å². The Morgan fingerprint density at radius 3 is 2.68 bits per heavy atom. The molecule has 4 N–H and O–H groups in total. The van der Waals surface area contributed by atoms with Gasteiger partial charge >= 0.3 is 0 Å². The zero-order valence-corrected chi connectivity index (χ0v) is 10.7. The van der Waals surface area contributed by atoms with E-state index >= 15 is 0 Å². The lowest BCUT2D eigenvalue weighted by Crippen LogP contribution is -2.34. The molecule has 0 heterocycles. The first-order valence-corrected chi connectivity index (χ1v) is 6.18. The van der Waals surface area contributed by atoms with Gasteiger partial charge in [0.05, 0.1) is 0 Å². The molecule has 0 aliphatic rings. The minimum atomic E-state index is -1.06. The number of aliphatic hydroxyl groups is 1. The summed E-state index contributed by atoms with van der Waals surface area (Å²) >= 11 is 0. The van der Waals surface area contributed by atoms with Crippen molar-refractivity contribution in [2.24, 2.45) is 5.73 Å². The molecular formula is C14H19FN2O2. The maximum Gasteiger partial charge on any atom is 0.249 e. The van der Waals surface area contributed by atoms with Crippen LogP contribution < -0.4 is 11.1 Å². The SMILES string of the molecule is NCC=CCNC(=O)C(O)CCc1ccc(F)cc1. The molecule has 1 aromatic carbocycles. The van der Waals surface area contributed by atoms with Crippen LogP contribution in [0.1, 0.15) is 12.0 Å². The van der Waals surface area contributed by atoms with Gasteiger partial charge in [-0.05, 0) is 30.5 Å². The summed E-state index contributed by atoms with van der Waals surface area (Å²) < 4.78 is 12.7. The maximum atomic E-state index is 12.7. The molecule has 1 amide bonds. The van der Waals surface area contributed by atoms with E-state index in [0.717, 1.165) is 5.56 Å². The van der Waals surface area contributed by atoms with Gasteiger partial charge in [-0.15, -0.1) is 0 Å². The molecule has 1 rings (SSSR count). The number of hydrogen-bond acceptors (Lipinski definition) is 3. The summed E-state index contributed by atoms with van der Waals surface area (Å²) in [5, 5.41) is 12.2. The van der Waals surface area contributed by atoms with E-state index in [4.69, 9.17) is 5.73 Å². The Kier molecular flexibility index (Phi) is 6.78. The summed E-state index contributed by atoms with van der Waals surface area (Å²) in [4.78, 5) is 11.5. The summed E-state index contributed by atoms with van der Waals surface area (Å²) in [7, 11) is 0. The number of nitrogens with one attached hydrogen (secondary N) is 1. The minimum absolute atomic E-state index is 0.297. The van der Waals surface area contributed by atoms with Crippen LogP contribution in [-0.4, -0.2) is 30.2 Å². The molecule has 0 fully saturated rings. The van der Waals surface area contributed by atoms with Gasteiger partial charge in [0.15, 0.2) is 0 Å². The van der Waals surface area contributed by atoms with Gasteiger partial charge in [0, 0.05) is 13.1 Å². The predicted molar refractivity (Wildman–Crippen MR) is 71.9 cm³/mol. The van der Waals surface area contributed by atoms with Crippen molar-refractivity contribution >= 4 is 5.91 Å². The Hall–Kier alpha value is -1.72. The third-order valence-corrected chi connectivity index (χ3v) is 2.62. The number of rotatable bonds is 7. The summed E-state index contributed by atoms with van der Waals surface area (Å²) in [5.41, 5.74) is 6.14. The molecule has 5 heteroatoms. The van der Waals surface area contributed by atoms with Gasteiger partial charge in [-0.25, -0.2) is 4.39 Å². The summed E-state index contributed by atoms with van der Waals surface area (Å²) in [5.74, 6) is -0.711. The largest absolute Gasteiger partial charge is 0.383 e. The van der Waals surface area contributed by atoms with Crippen molar-refractivity contribution in [2.75, 3.05) is 13.1 Å². The van der Waals surface area contributed by atoms with Crippen LogP contribution in [0.2, 0.25) is 0 Å². The number of halogens is 1.